The highest BCUT2D eigenvalue weighted by Gasteiger charge is 2.20. The van der Waals surface area contributed by atoms with E-state index in [1.165, 1.54) is 24.8 Å². The SMILES string of the molecule is COC(=O)c1cc(Br)c(F)cc1C=N[C@H](C)CN(Cc1ccccc1)C[Si](C)(C)C. The van der Waals surface area contributed by atoms with Gasteiger partial charge in [0.2, 0.25) is 0 Å². The first kappa shape index (κ1) is 24.4. The van der Waals surface area contributed by atoms with Crippen LogP contribution in [-0.4, -0.2) is 51.0 Å². The highest BCUT2D eigenvalue weighted by Crippen LogP contribution is 2.21. The van der Waals surface area contributed by atoms with Crippen LogP contribution in [-0.2, 0) is 11.3 Å². The van der Waals surface area contributed by atoms with Crippen molar-refractivity contribution in [2.75, 3.05) is 19.8 Å². The molecule has 0 radical (unpaired) electrons. The van der Waals surface area contributed by atoms with Crippen LogP contribution in [0.2, 0.25) is 19.6 Å². The second-order valence-corrected chi connectivity index (χ2v) is 15.0. The minimum absolute atomic E-state index is 0.0118. The zero-order valence-corrected chi connectivity index (χ0v) is 20.9. The Bertz CT molecular complexity index is 885. The van der Waals surface area contributed by atoms with Crippen LogP contribution in [0.25, 0.3) is 0 Å². The molecule has 0 aromatic heterocycles. The van der Waals surface area contributed by atoms with Gasteiger partial charge in [-0.1, -0.05) is 50.0 Å². The van der Waals surface area contributed by atoms with Crippen molar-refractivity contribution in [1.29, 1.82) is 0 Å². The standard InChI is InChI=1S/C23H30BrFN2O2Si/c1-17(14-27(16-30(3,4)5)15-18-9-7-6-8-10-18)26-13-19-11-22(25)21(24)12-20(19)23(28)29-2/h6-13,17H,14-16H2,1-5H3/t17-/m1/s1. The average Bonchev–Trinajstić information content (AvgIpc) is 2.67. The molecule has 0 N–H and O–H groups in total. The molecule has 0 spiro atoms. The first-order valence-electron chi connectivity index (χ1n) is 9.96. The van der Waals surface area contributed by atoms with Crippen molar-refractivity contribution in [3.05, 3.63) is 69.4 Å². The van der Waals surface area contributed by atoms with E-state index in [9.17, 15) is 9.18 Å². The van der Waals surface area contributed by atoms with E-state index in [2.05, 4.69) is 69.7 Å². The summed E-state index contributed by atoms with van der Waals surface area (Å²) < 4.78 is 19.1. The van der Waals surface area contributed by atoms with Gasteiger partial charge < -0.3 is 4.74 Å². The molecule has 0 aliphatic heterocycles. The van der Waals surface area contributed by atoms with E-state index in [0.717, 1.165) is 19.3 Å². The summed E-state index contributed by atoms with van der Waals surface area (Å²) in [5.74, 6) is -0.963. The number of rotatable bonds is 9. The van der Waals surface area contributed by atoms with Gasteiger partial charge in [-0.05, 0) is 46.7 Å². The summed E-state index contributed by atoms with van der Waals surface area (Å²) in [5, 5.41) is 0. The van der Waals surface area contributed by atoms with Crippen LogP contribution in [0.15, 0.2) is 51.9 Å². The third-order valence-electron chi connectivity index (χ3n) is 4.44. The Balaban J connectivity index is 2.18. The van der Waals surface area contributed by atoms with Crippen molar-refractivity contribution in [3.63, 3.8) is 0 Å². The van der Waals surface area contributed by atoms with Crippen molar-refractivity contribution in [1.82, 2.24) is 4.90 Å². The molecule has 0 aliphatic rings. The fourth-order valence-corrected chi connectivity index (χ4v) is 5.21. The maximum atomic E-state index is 14.0. The quantitative estimate of drug-likeness (QED) is 0.261. The molecule has 0 heterocycles. The topological polar surface area (TPSA) is 41.9 Å². The van der Waals surface area contributed by atoms with Crippen LogP contribution in [0.5, 0.6) is 0 Å². The van der Waals surface area contributed by atoms with Crippen molar-refractivity contribution >= 4 is 36.2 Å². The molecule has 0 saturated carbocycles. The van der Waals surface area contributed by atoms with Gasteiger partial charge in [0.25, 0.3) is 0 Å². The zero-order valence-electron chi connectivity index (χ0n) is 18.3. The number of carbonyl (C=O) groups excluding carboxylic acids is 1. The summed E-state index contributed by atoms with van der Waals surface area (Å²) in [6, 6.07) is 13.1. The Labute approximate surface area is 188 Å². The molecule has 4 nitrogen and oxygen atoms in total. The molecule has 2 rings (SSSR count). The third-order valence-corrected chi connectivity index (χ3v) is 6.44. The maximum Gasteiger partial charge on any atom is 0.338 e. The molecule has 2 aromatic rings. The van der Waals surface area contributed by atoms with Crippen molar-refractivity contribution < 1.29 is 13.9 Å². The number of halogens is 2. The smallest absolute Gasteiger partial charge is 0.338 e. The highest BCUT2D eigenvalue weighted by atomic mass is 79.9. The lowest BCUT2D eigenvalue weighted by Gasteiger charge is -2.30. The van der Waals surface area contributed by atoms with Crippen molar-refractivity contribution in [2.24, 2.45) is 4.99 Å². The molecule has 0 saturated heterocycles. The van der Waals surface area contributed by atoms with E-state index in [1.54, 1.807) is 6.21 Å². The van der Waals surface area contributed by atoms with Crippen LogP contribution in [0.3, 0.4) is 0 Å². The largest absolute Gasteiger partial charge is 0.465 e. The van der Waals surface area contributed by atoms with Gasteiger partial charge in [0.1, 0.15) is 5.82 Å². The second-order valence-electron chi connectivity index (χ2n) is 8.69. The number of ether oxygens (including phenoxy) is 1. The van der Waals surface area contributed by atoms with Crippen LogP contribution >= 0.6 is 15.9 Å². The first-order valence-corrected chi connectivity index (χ1v) is 14.5. The van der Waals surface area contributed by atoms with Crippen LogP contribution in [0, 0.1) is 5.82 Å². The fourth-order valence-electron chi connectivity index (χ4n) is 3.28. The van der Waals surface area contributed by atoms with E-state index in [1.807, 2.05) is 13.0 Å². The molecular weight excluding hydrogens is 463 g/mol. The minimum atomic E-state index is -1.31. The predicted molar refractivity (Wildman–Crippen MR) is 128 cm³/mol. The monoisotopic (exact) mass is 492 g/mol. The Morgan fingerprint density at radius 1 is 1.27 bits per heavy atom. The minimum Gasteiger partial charge on any atom is -0.465 e. The van der Waals surface area contributed by atoms with Gasteiger partial charge in [0, 0.05) is 24.9 Å². The third kappa shape index (κ3) is 7.78. The number of methoxy groups -OCH3 is 1. The van der Waals surface area contributed by atoms with Crippen molar-refractivity contribution in [2.45, 2.75) is 39.2 Å². The fraction of sp³-hybridized carbons (Fsp3) is 0.391. The summed E-state index contributed by atoms with van der Waals surface area (Å²) >= 11 is 3.12. The van der Waals surface area contributed by atoms with Gasteiger partial charge in [0.15, 0.2) is 0 Å². The summed E-state index contributed by atoms with van der Waals surface area (Å²) in [4.78, 5) is 19.1. The predicted octanol–water partition coefficient (Wildman–Crippen LogP) is 5.56. The van der Waals surface area contributed by atoms with Gasteiger partial charge in [0.05, 0.1) is 31.3 Å². The molecular formula is C23H30BrFN2O2Si. The molecule has 30 heavy (non-hydrogen) atoms. The van der Waals surface area contributed by atoms with Crippen molar-refractivity contribution in [3.8, 4) is 0 Å². The molecule has 162 valence electrons. The van der Waals surface area contributed by atoms with E-state index in [0.29, 0.717) is 5.56 Å². The molecule has 0 amide bonds. The summed E-state index contributed by atoms with van der Waals surface area (Å²) in [6.07, 6.45) is 2.63. The highest BCUT2D eigenvalue weighted by molar-refractivity contribution is 9.10. The average molecular weight is 493 g/mol. The summed E-state index contributed by atoms with van der Waals surface area (Å²) in [6.45, 7) is 10.7. The molecule has 0 bridgehead atoms. The lowest BCUT2D eigenvalue weighted by molar-refractivity contribution is 0.0600. The normalized spacial score (nSPS) is 13.1. The summed E-state index contributed by atoms with van der Waals surface area (Å²) in [5.41, 5.74) is 1.97. The molecule has 7 heteroatoms. The van der Waals surface area contributed by atoms with E-state index < -0.39 is 19.9 Å². The van der Waals surface area contributed by atoms with Gasteiger partial charge in [-0.2, -0.15) is 0 Å². The Morgan fingerprint density at radius 3 is 2.53 bits per heavy atom. The van der Waals surface area contributed by atoms with E-state index >= 15 is 0 Å². The molecule has 1 atom stereocenters. The van der Waals surface area contributed by atoms with Crippen LogP contribution < -0.4 is 0 Å². The number of hydrogen-bond donors (Lipinski definition) is 0. The summed E-state index contributed by atoms with van der Waals surface area (Å²) in [7, 11) is -0.00581. The molecule has 0 aliphatic carbocycles. The first-order chi connectivity index (χ1) is 14.1. The number of aliphatic imine (C=N–C) groups is 1. The van der Waals surface area contributed by atoms with Gasteiger partial charge in [-0.15, -0.1) is 0 Å². The lowest BCUT2D eigenvalue weighted by Crippen LogP contribution is -2.42. The van der Waals surface area contributed by atoms with Gasteiger partial charge in [-0.3, -0.25) is 9.89 Å². The number of hydrogen-bond acceptors (Lipinski definition) is 4. The van der Waals surface area contributed by atoms with Crippen LogP contribution in [0.1, 0.15) is 28.4 Å². The van der Waals surface area contributed by atoms with Gasteiger partial charge >= 0.3 is 5.97 Å². The Kier molecular flexibility index (Phi) is 8.94. The molecule has 2 aromatic carbocycles. The molecule has 0 unspecified atom stereocenters. The van der Waals surface area contributed by atoms with E-state index in [-0.39, 0.29) is 16.1 Å². The Morgan fingerprint density at radius 2 is 1.93 bits per heavy atom. The lowest BCUT2D eigenvalue weighted by atomic mass is 10.1. The number of carbonyl (C=O) groups is 1. The second kappa shape index (κ2) is 11.0. The van der Waals surface area contributed by atoms with Gasteiger partial charge in [-0.25, -0.2) is 9.18 Å². The molecule has 0 fully saturated rings. The van der Waals surface area contributed by atoms with Crippen LogP contribution in [0.4, 0.5) is 4.39 Å². The Hall–Kier alpha value is -1.83. The zero-order chi connectivity index (χ0) is 22.3. The number of nitrogens with zero attached hydrogens (tertiary/aromatic N) is 2. The number of benzene rings is 2. The number of esters is 1. The maximum absolute atomic E-state index is 14.0. The van der Waals surface area contributed by atoms with E-state index in [4.69, 9.17) is 4.74 Å².